The molecule has 0 amide bonds. The van der Waals surface area contributed by atoms with Gasteiger partial charge in [0, 0.05) is 17.6 Å². The highest BCUT2D eigenvalue weighted by Gasteiger charge is 2.06. The predicted octanol–water partition coefficient (Wildman–Crippen LogP) is 2.71. The molecule has 3 N–H and O–H groups in total. The summed E-state index contributed by atoms with van der Waals surface area (Å²) in [6.07, 6.45) is 0. The van der Waals surface area contributed by atoms with Crippen LogP contribution in [-0.4, -0.2) is 17.6 Å². The van der Waals surface area contributed by atoms with Gasteiger partial charge in [0.15, 0.2) is 5.13 Å². The minimum absolute atomic E-state index is 0.237. The highest BCUT2D eigenvalue weighted by Crippen LogP contribution is 2.28. The molecule has 0 aliphatic carbocycles. The average molecular weight is 242 g/mol. The molecule has 0 bridgehead atoms. The Morgan fingerprint density at radius 3 is 3.13 bits per heavy atom. The average Bonchev–Trinajstić information content (AvgIpc) is 2.59. The summed E-state index contributed by atoms with van der Waals surface area (Å²) in [5.41, 5.74) is 6.50. The molecule has 1 heterocycles. The van der Waals surface area contributed by atoms with Crippen molar-refractivity contribution in [3.8, 4) is 0 Å². The van der Waals surface area contributed by atoms with Crippen LogP contribution in [0.25, 0.3) is 10.2 Å². The maximum atomic E-state index is 5.90. The maximum Gasteiger partial charge on any atom is 0.184 e. The number of anilines is 1. The summed E-state index contributed by atoms with van der Waals surface area (Å²) < 4.78 is 1.09. The number of hydrogen-bond donors (Lipinski definition) is 2. The van der Waals surface area contributed by atoms with Gasteiger partial charge in [-0.3, -0.25) is 0 Å². The van der Waals surface area contributed by atoms with Crippen LogP contribution in [0.3, 0.4) is 0 Å². The van der Waals surface area contributed by atoms with Crippen molar-refractivity contribution in [3.63, 3.8) is 0 Å². The molecule has 3 nitrogen and oxygen atoms in total. The fourth-order valence-electron chi connectivity index (χ4n) is 1.23. The van der Waals surface area contributed by atoms with Crippen LogP contribution in [0, 0.1) is 0 Å². The predicted molar refractivity (Wildman–Crippen MR) is 66.8 cm³/mol. The first-order valence-corrected chi connectivity index (χ1v) is 5.91. The normalized spacial score (nSPS) is 13.0. The van der Waals surface area contributed by atoms with E-state index in [1.54, 1.807) is 11.3 Å². The fraction of sp³-hybridized carbons (Fsp3) is 0.300. The van der Waals surface area contributed by atoms with Gasteiger partial charge in [0.2, 0.25) is 0 Å². The lowest BCUT2D eigenvalue weighted by molar-refractivity contribution is 0.803. The number of nitrogens with two attached hydrogens (primary N) is 1. The molecule has 2 rings (SSSR count). The topological polar surface area (TPSA) is 50.9 Å². The first kappa shape index (κ1) is 10.7. The van der Waals surface area contributed by atoms with Crippen LogP contribution in [0.5, 0.6) is 0 Å². The summed E-state index contributed by atoms with van der Waals surface area (Å²) in [5, 5.41) is 4.87. The number of nitrogens with one attached hydrogen (secondary N) is 1. The van der Waals surface area contributed by atoms with Crippen LogP contribution in [-0.2, 0) is 0 Å². The van der Waals surface area contributed by atoms with Gasteiger partial charge in [-0.1, -0.05) is 22.9 Å². The van der Waals surface area contributed by atoms with Crippen LogP contribution in [0.2, 0.25) is 5.02 Å². The Labute approximate surface area is 97.3 Å². The van der Waals surface area contributed by atoms with E-state index in [1.807, 2.05) is 25.1 Å². The molecule has 1 atom stereocenters. The molecule has 0 fully saturated rings. The van der Waals surface area contributed by atoms with Crippen LogP contribution >= 0.6 is 22.9 Å². The van der Waals surface area contributed by atoms with Gasteiger partial charge in [-0.15, -0.1) is 0 Å². The number of thiazole rings is 1. The molecule has 5 heteroatoms. The van der Waals surface area contributed by atoms with E-state index in [0.717, 1.165) is 20.4 Å². The van der Waals surface area contributed by atoms with Crippen LogP contribution in [0.1, 0.15) is 6.92 Å². The van der Waals surface area contributed by atoms with Crippen LogP contribution in [0.15, 0.2) is 18.2 Å². The summed E-state index contributed by atoms with van der Waals surface area (Å²) in [6.45, 7) is 2.62. The second kappa shape index (κ2) is 4.35. The summed E-state index contributed by atoms with van der Waals surface area (Å²) in [5.74, 6) is 0. The third-order valence-electron chi connectivity index (χ3n) is 2.07. The number of benzene rings is 1. The standard InChI is InChI=1S/C10H12ClN3S/c1-6(5-12)13-10-14-8-3-2-7(11)4-9(8)15-10/h2-4,6H,5,12H2,1H3,(H,13,14). The second-order valence-electron chi connectivity index (χ2n) is 3.41. The third-order valence-corrected chi connectivity index (χ3v) is 3.26. The molecule has 0 aliphatic rings. The van der Waals surface area contributed by atoms with E-state index in [9.17, 15) is 0 Å². The molecule has 1 unspecified atom stereocenters. The van der Waals surface area contributed by atoms with Gasteiger partial charge in [-0.2, -0.15) is 0 Å². The summed E-state index contributed by atoms with van der Waals surface area (Å²) >= 11 is 7.49. The molecule has 1 aromatic carbocycles. The molecule has 0 saturated heterocycles. The molecule has 2 aromatic rings. The smallest absolute Gasteiger partial charge is 0.184 e. The van der Waals surface area contributed by atoms with E-state index in [-0.39, 0.29) is 6.04 Å². The SMILES string of the molecule is CC(CN)Nc1nc2ccc(Cl)cc2s1. The molecule has 15 heavy (non-hydrogen) atoms. The molecule has 0 spiro atoms. The van der Waals surface area contributed by atoms with Gasteiger partial charge < -0.3 is 11.1 Å². The Bertz CT molecular complexity index is 469. The van der Waals surface area contributed by atoms with Crippen molar-refractivity contribution >= 4 is 38.3 Å². The minimum atomic E-state index is 0.237. The summed E-state index contributed by atoms with van der Waals surface area (Å²) in [4.78, 5) is 4.43. The zero-order chi connectivity index (χ0) is 10.8. The second-order valence-corrected chi connectivity index (χ2v) is 4.88. The van der Waals surface area contributed by atoms with Crippen LogP contribution < -0.4 is 11.1 Å². The zero-order valence-corrected chi connectivity index (χ0v) is 9.90. The maximum absolute atomic E-state index is 5.90. The number of fused-ring (bicyclic) bond motifs is 1. The highest BCUT2D eigenvalue weighted by atomic mass is 35.5. The van der Waals surface area contributed by atoms with Gasteiger partial charge in [0.1, 0.15) is 0 Å². The minimum Gasteiger partial charge on any atom is -0.358 e. The zero-order valence-electron chi connectivity index (χ0n) is 8.33. The monoisotopic (exact) mass is 241 g/mol. The quantitative estimate of drug-likeness (QED) is 0.869. The van der Waals surface area contributed by atoms with Crippen molar-refractivity contribution in [3.05, 3.63) is 23.2 Å². The molecule has 1 aromatic heterocycles. The lowest BCUT2D eigenvalue weighted by Gasteiger charge is -2.08. The fourth-order valence-corrected chi connectivity index (χ4v) is 2.48. The lowest BCUT2D eigenvalue weighted by atomic mass is 10.3. The van der Waals surface area contributed by atoms with Gasteiger partial charge in [0.25, 0.3) is 0 Å². The molecule has 0 radical (unpaired) electrons. The van der Waals surface area contributed by atoms with Crippen molar-refractivity contribution in [1.82, 2.24) is 4.98 Å². The lowest BCUT2D eigenvalue weighted by Crippen LogP contribution is -2.24. The Morgan fingerprint density at radius 1 is 1.60 bits per heavy atom. The highest BCUT2D eigenvalue weighted by molar-refractivity contribution is 7.22. The first-order valence-electron chi connectivity index (χ1n) is 4.71. The largest absolute Gasteiger partial charge is 0.358 e. The number of hydrogen-bond acceptors (Lipinski definition) is 4. The summed E-state index contributed by atoms with van der Waals surface area (Å²) in [6, 6.07) is 5.93. The molecular weight excluding hydrogens is 230 g/mol. The number of halogens is 1. The van der Waals surface area contributed by atoms with E-state index in [0.29, 0.717) is 6.54 Å². The van der Waals surface area contributed by atoms with Gasteiger partial charge in [-0.25, -0.2) is 4.98 Å². The van der Waals surface area contributed by atoms with Crippen molar-refractivity contribution in [2.45, 2.75) is 13.0 Å². The Balaban J connectivity index is 2.30. The number of nitrogens with zero attached hydrogens (tertiary/aromatic N) is 1. The number of rotatable bonds is 3. The Morgan fingerprint density at radius 2 is 2.40 bits per heavy atom. The van der Waals surface area contributed by atoms with E-state index >= 15 is 0 Å². The molecular formula is C10H12ClN3S. The van der Waals surface area contributed by atoms with E-state index in [4.69, 9.17) is 17.3 Å². The van der Waals surface area contributed by atoms with Crippen molar-refractivity contribution in [2.75, 3.05) is 11.9 Å². The van der Waals surface area contributed by atoms with Gasteiger partial charge >= 0.3 is 0 Å². The first-order chi connectivity index (χ1) is 7.19. The van der Waals surface area contributed by atoms with Gasteiger partial charge in [0.05, 0.1) is 10.2 Å². The number of aromatic nitrogens is 1. The summed E-state index contributed by atoms with van der Waals surface area (Å²) in [7, 11) is 0. The Hall–Kier alpha value is -0.840. The van der Waals surface area contributed by atoms with Crippen molar-refractivity contribution in [1.29, 1.82) is 0 Å². The molecule has 0 saturated carbocycles. The third kappa shape index (κ3) is 2.40. The Kier molecular flexibility index (Phi) is 3.09. The van der Waals surface area contributed by atoms with Crippen LogP contribution in [0.4, 0.5) is 5.13 Å². The molecule has 80 valence electrons. The van der Waals surface area contributed by atoms with E-state index in [1.165, 1.54) is 0 Å². The van der Waals surface area contributed by atoms with E-state index < -0.39 is 0 Å². The van der Waals surface area contributed by atoms with Crippen molar-refractivity contribution in [2.24, 2.45) is 5.73 Å². The van der Waals surface area contributed by atoms with Crippen molar-refractivity contribution < 1.29 is 0 Å². The van der Waals surface area contributed by atoms with E-state index in [2.05, 4.69) is 10.3 Å². The molecule has 0 aliphatic heterocycles. The van der Waals surface area contributed by atoms with Gasteiger partial charge in [-0.05, 0) is 25.1 Å².